The molecule has 1 heterocycles. The molecule has 5 heteroatoms. The molecule has 0 aliphatic carbocycles. The molecule has 1 saturated heterocycles. The molecule has 18 heavy (non-hydrogen) atoms. The molecule has 100 valence electrons. The minimum atomic E-state index is -0.197. The number of nitrogens with zero attached hydrogens (tertiary/aromatic N) is 2. The number of alkyl halides is 1. The summed E-state index contributed by atoms with van der Waals surface area (Å²) in [4.78, 5) is 4.77. The lowest BCUT2D eigenvalue weighted by molar-refractivity contribution is 0.132. The van der Waals surface area contributed by atoms with Crippen LogP contribution in [-0.2, 0) is 6.54 Å². The first-order chi connectivity index (χ1) is 8.69. The van der Waals surface area contributed by atoms with Gasteiger partial charge in [0.15, 0.2) is 0 Å². The molecule has 2 rings (SSSR count). The van der Waals surface area contributed by atoms with Gasteiger partial charge in [0.1, 0.15) is 5.82 Å². The van der Waals surface area contributed by atoms with Gasteiger partial charge >= 0.3 is 0 Å². The molecule has 0 amide bonds. The zero-order valence-corrected chi connectivity index (χ0v) is 12.6. The summed E-state index contributed by atoms with van der Waals surface area (Å²) in [6.45, 7) is 6.05. The number of hydrogen-bond donors (Lipinski definition) is 0. The van der Waals surface area contributed by atoms with Gasteiger partial charge in [0.2, 0.25) is 0 Å². The Morgan fingerprint density at radius 1 is 1.17 bits per heavy atom. The number of rotatable bonds is 4. The number of hydrogen-bond acceptors (Lipinski definition) is 2. The molecule has 0 unspecified atom stereocenters. The molecule has 0 atom stereocenters. The monoisotopic (exact) mass is 334 g/mol. The molecule has 0 saturated carbocycles. The van der Waals surface area contributed by atoms with E-state index in [0.717, 1.165) is 49.3 Å². The summed E-state index contributed by atoms with van der Waals surface area (Å²) >= 11 is 9.16. The lowest BCUT2D eigenvalue weighted by Gasteiger charge is -2.34. The molecule has 0 N–H and O–H groups in total. The summed E-state index contributed by atoms with van der Waals surface area (Å²) in [5.74, 6) is 0.501. The Bertz CT molecular complexity index is 395. The highest BCUT2D eigenvalue weighted by atomic mass is 79.9. The summed E-state index contributed by atoms with van der Waals surface area (Å²) in [6, 6.07) is 4.90. The van der Waals surface area contributed by atoms with Crippen LogP contribution in [0.3, 0.4) is 0 Å². The number of piperazine rings is 1. The molecule has 1 aliphatic rings. The van der Waals surface area contributed by atoms with Crippen LogP contribution in [0, 0.1) is 5.82 Å². The van der Waals surface area contributed by atoms with Gasteiger partial charge in [-0.3, -0.25) is 9.80 Å². The Hall–Kier alpha value is -0.160. The first kappa shape index (κ1) is 14.3. The highest BCUT2D eigenvalue weighted by Gasteiger charge is 2.17. The zero-order chi connectivity index (χ0) is 13.0. The second-order valence-electron chi connectivity index (χ2n) is 4.54. The van der Waals surface area contributed by atoms with Crippen molar-refractivity contribution in [2.45, 2.75) is 6.54 Å². The lowest BCUT2D eigenvalue weighted by atomic mass is 10.2. The van der Waals surface area contributed by atoms with Gasteiger partial charge in [-0.05, 0) is 17.7 Å². The molecule has 0 aromatic heterocycles. The molecule has 1 aromatic rings. The van der Waals surface area contributed by atoms with Crippen LogP contribution in [-0.4, -0.2) is 48.4 Å². The van der Waals surface area contributed by atoms with Crippen LogP contribution in [0.25, 0.3) is 0 Å². The summed E-state index contributed by atoms with van der Waals surface area (Å²) < 4.78 is 13.9. The zero-order valence-electron chi connectivity index (χ0n) is 10.2. The van der Waals surface area contributed by atoms with Gasteiger partial charge in [-0.1, -0.05) is 22.0 Å². The smallest absolute Gasteiger partial charge is 0.124 e. The van der Waals surface area contributed by atoms with Crippen molar-refractivity contribution in [3.05, 3.63) is 34.1 Å². The molecule has 0 radical (unpaired) electrons. The van der Waals surface area contributed by atoms with E-state index in [1.165, 1.54) is 12.1 Å². The first-order valence-corrected chi connectivity index (χ1v) is 7.46. The predicted octanol–water partition coefficient (Wildman–Crippen LogP) is 2.94. The largest absolute Gasteiger partial charge is 0.300 e. The Balaban J connectivity index is 1.87. The average Bonchev–Trinajstić information content (AvgIpc) is 2.35. The standard InChI is InChI=1S/C13H17BrClFN2/c14-13-9-12(16)2-1-11(13)10-18-7-5-17(4-3-15)6-8-18/h1-2,9H,3-8,10H2. The third-order valence-electron chi connectivity index (χ3n) is 3.27. The van der Waals surface area contributed by atoms with E-state index < -0.39 is 0 Å². The second kappa shape index (κ2) is 6.85. The normalized spacial score (nSPS) is 18.2. The van der Waals surface area contributed by atoms with E-state index in [0.29, 0.717) is 5.88 Å². The molecule has 1 aromatic carbocycles. The second-order valence-corrected chi connectivity index (χ2v) is 5.77. The summed E-state index contributed by atoms with van der Waals surface area (Å²) in [5.41, 5.74) is 1.14. The fourth-order valence-electron chi connectivity index (χ4n) is 2.18. The van der Waals surface area contributed by atoms with E-state index in [1.807, 2.05) is 6.07 Å². The molecule has 0 spiro atoms. The summed E-state index contributed by atoms with van der Waals surface area (Å²) in [6.07, 6.45) is 0. The van der Waals surface area contributed by atoms with Crippen molar-refractivity contribution in [3.63, 3.8) is 0 Å². The maximum Gasteiger partial charge on any atom is 0.124 e. The van der Waals surface area contributed by atoms with E-state index in [1.54, 1.807) is 0 Å². The Kier molecular flexibility index (Phi) is 5.42. The van der Waals surface area contributed by atoms with Gasteiger partial charge in [0.25, 0.3) is 0 Å². The third kappa shape index (κ3) is 3.92. The quantitative estimate of drug-likeness (QED) is 0.781. The van der Waals surface area contributed by atoms with Crippen LogP contribution >= 0.6 is 27.5 Å². The van der Waals surface area contributed by atoms with Crippen LogP contribution < -0.4 is 0 Å². The van der Waals surface area contributed by atoms with Crippen molar-refractivity contribution >= 4 is 27.5 Å². The van der Waals surface area contributed by atoms with Crippen LogP contribution in [0.2, 0.25) is 0 Å². The molecule has 1 fully saturated rings. The highest BCUT2D eigenvalue weighted by molar-refractivity contribution is 9.10. The van der Waals surface area contributed by atoms with E-state index in [4.69, 9.17) is 11.6 Å². The van der Waals surface area contributed by atoms with Crippen molar-refractivity contribution in [2.75, 3.05) is 38.6 Å². The van der Waals surface area contributed by atoms with Crippen LogP contribution in [0.15, 0.2) is 22.7 Å². The summed E-state index contributed by atoms with van der Waals surface area (Å²) in [7, 11) is 0. The fourth-order valence-corrected chi connectivity index (χ4v) is 2.90. The van der Waals surface area contributed by atoms with Crippen molar-refractivity contribution in [3.8, 4) is 0 Å². The molecule has 2 nitrogen and oxygen atoms in total. The molecule has 0 bridgehead atoms. The van der Waals surface area contributed by atoms with Crippen LogP contribution in [0.4, 0.5) is 4.39 Å². The molecule has 1 aliphatic heterocycles. The van der Waals surface area contributed by atoms with Crippen LogP contribution in [0.5, 0.6) is 0 Å². The lowest BCUT2D eigenvalue weighted by Crippen LogP contribution is -2.46. The van der Waals surface area contributed by atoms with E-state index >= 15 is 0 Å². The highest BCUT2D eigenvalue weighted by Crippen LogP contribution is 2.20. The maximum absolute atomic E-state index is 13.0. The molecular formula is C13H17BrClFN2. The van der Waals surface area contributed by atoms with Gasteiger partial charge in [0.05, 0.1) is 0 Å². The number of benzene rings is 1. The Morgan fingerprint density at radius 2 is 1.83 bits per heavy atom. The Morgan fingerprint density at radius 3 is 2.44 bits per heavy atom. The minimum Gasteiger partial charge on any atom is -0.300 e. The van der Waals surface area contributed by atoms with Gasteiger partial charge in [-0.25, -0.2) is 4.39 Å². The van der Waals surface area contributed by atoms with Crippen molar-refractivity contribution in [1.29, 1.82) is 0 Å². The van der Waals surface area contributed by atoms with E-state index in [9.17, 15) is 4.39 Å². The van der Waals surface area contributed by atoms with Gasteiger partial charge < -0.3 is 0 Å². The van der Waals surface area contributed by atoms with E-state index in [2.05, 4.69) is 25.7 Å². The minimum absolute atomic E-state index is 0.197. The van der Waals surface area contributed by atoms with Crippen LogP contribution in [0.1, 0.15) is 5.56 Å². The first-order valence-electron chi connectivity index (χ1n) is 6.13. The van der Waals surface area contributed by atoms with Crippen molar-refractivity contribution in [2.24, 2.45) is 0 Å². The third-order valence-corrected chi connectivity index (χ3v) is 4.18. The fraction of sp³-hybridized carbons (Fsp3) is 0.538. The summed E-state index contributed by atoms with van der Waals surface area (Å²) in [5, 5.41) is 0. The molecular weight excluding hydrogens is 319 g/mol. The van der Waals surface area contributed by atoms with Crippen molar-refractivity contribution < 1.29 is 4.39 Å². The maximum atomic E-state index is 13.0. The van der Waals surface area contributed by atoms with Gasteiger partial charge in [0, 0.05) is 49.6 Å². The predicted molar refractivity (Wildman–Crippen MR) is 76.5 cm³/mol. The van der Waals surface area contributed by atoms with Gasteiger partial charge in [-0.15, -0.1) is 11.6 Å². The average molecular weight is 336 g/mol. The SMILES string of the molecule is Fc1ccc(CN2CCN(CCCl)CC2)c(Br)c1. The van der Waals surface area contributed by atoms with E-state index in [-0.39, 0.29) is 5.82 Å². The number of halogens is 3. The topological polar surface area (TPSA) is 6.48 Å². The Labute approximate surface area is 121 Å². The van der Waals surface area contributed by atoms with Crippen molar-refractivity contribution in [1.82, 2.24) is 9.80 Å². The van der Waals surface area contributed by atoms with Gasteiger partial charge in [-0.2, -0.15) is 0 Å².